The second-order valence-corrected chi connectivity index (χ2v) is 8.58. The fourth-order valence-electron chi connectivity index (χ4n) is 5.61. The molecule has 0 spiro atoms. The van der Waals surface area contributed by atoms with Gasteiger partial charge in [-0.1, -0.05) is 56.5 Å². The molecule has 0 amide bonds. The molecule has 1 aromatic carbocycles. The van der Waals surface area contributed by atoms with Crippen LogP contribution in [0.25, 0.3) is 0 Å². The molecule has 0 radical (unpaired) electrons. The average molecular weight is 342 g/mol. The maximum atomic E-state index is 6.87. The third-order valence-corrected chi connectivity index (χ3v) is 6.91. The highest BCUT2D eigenvalue weighted by Crippen LogP contribution is 2.43. The fourth-order valence-corrected chi connectivity index (χ4v) is 5.61. The van der Waals surface area contributed by atoms with Crippen LogP contribution in [0, 0.1) is 5.92 Å². The van der Waals surface area contributed by atoms with Gasteiger partial charge < -0.3 is 4.74 Å². The van der Waals surface area contributed by atoms with Crippen molar-refractivity contribution in [2.45, 2.75) is 95.4 Å². The Kier molecular flexibility index (Phi) is 5.77. The highest BCUT2D eigenvalue weighted by molar-refractivity contribution is 5.19. The lowest BCUT2D eigenvalue weighted by atomic mass is 9.92. The van der Waals surface area contributed by atoms with Gasteiger partial charge in [-0.3, -0.25) is 4.90 Å². The summed E-state index contributed by atoms with van der Waals surface area (Å²) in [5, 5.41) is 0. The van der Waals surface area contributed by atoms with E-state index >= 15 is 0 Å². The number of ether oxygens (including phenoxy) is 1. The maximum Gasteiger partial charge on any atom is 0.0856 e. The van der Waals surface area contributed by atoms with E-state index in [1.54, 1.807) is 0 Å². The summed E-state index contributed by atoms with van der Waals surface area (Å²) in [6, 6.07) is 12.6. The Balaban J connectivity index is 1.43. The first-order valence-electron chi connectivity index (χ1n) is 10.8. The monoisotopic (exact) mass is 341 g/mol. The molecule has 2 bridgehead atoms. The molecule has 3 aliphatic rings. The first kappa shape index (κ1) is 17.5. The van der Waals surface area contributed by atoms with E-state index < -0.39 is 0 Å². The molecule has 138 valence electrons. The van der Waals surface area contributed by atoms with Gasteiger partial charge in [0.25, 0.3) is 0 Å². The van der Waals surface area contributed by atoms with Crippen LogP contribution in [0.15, 0.2) is 30.3 Å². The molecule has 4 rings (SSSR count). The van der Waals surface area contributed by atoms with E-state index in [2.05, 4.69) is 42.2 Å². The molecule has 1 aliphatic carbocycles. The van der Waals surface area contributed by atoms with E-state index in [0.717, 1.165) is 18.0 Å². The predicted molar refractivity (Wildman–Crippen MR) is 104 cm³/mol. The first-order valence-corrected chi connectivity index (χ1v) is 10.8. The van der Waals surface area contributed by atoms with E-state index in [4.69, 9.17) is 4.74 Å². The van der Waals surface area contributed by atoms with Gasteiger partial charge in [-0.05, 0) is 63.0 Å². The van der Waals surface area contributed by atoms with Crippen LogP contribution in [-0.2, 0) is 4.74 Å². The van der Waals surface area contributed by atoms with Crippen LogP contribution >= 0.6 is 0 Å². The van der Waals surface area contributed by atoms with Gasteiger partial charge in [0.05, 0.1) is 12.2 Å². The Bertz CT molecular complexity index is 510. The summed E-state index contributed by atoms with van der Waals surface area (Å²) in [5.74, 6) is 0.734. The summed E-state index contributed by atoms with van der Waals surface area (Å²) in [6.07, 6.45) is 14.3. The SMILES string of the molecule is CCCCN1[C@@H]2CC[C@H]1CC(OC(c1ccccc1)C1CCCC1)C2. The van der Waals surface area contributed by atoms with E-state index in [9.17, 15) is 0 Å². The quantitative estimate of drug-likeness (QED) is 0.628. The van der Waals surface area contributed by atoms with Gasteiger partial charge in [-0.15, -0.1) is 0 Å². The molecule has 1 aromatic rings. The number of hydrogen-bond donors (Lipinski definition) is 0. The molecule has 25 heavy (non-hydrogen) atoms. The molecule has 2 saturated heterocycles. The molecule has 2 unspecified atom stereocenters. The summed E-state index contributed by atoms with van der Waals surface area (Å²) < 4.78 is 6.87. The Labute approximate surface area is 153 Å². The van der Waals surface area contributed by atoms with E-state index in [1.165, 1.54) is 76.3 Å². The third-order valence-electron chi connectivity index (χ3n) is 6.91. The lowest BCUT2D eigenvalue weighted by Crippen LogP contribution is -2.46. The standard InChI is InChI=1S/C23H35NO/c1-2-3-15-24-20-13-14-21(24)17-22(16-20)25-23(19-11-7-8-12-19)18-9-5-4-6-10-18/h4-6,9-10,19-23H,2-3,7-8,11-17H2,1H3/t20-,21+,22?,23?. The Morgan fingerprint density at radius 2 is 1.68 bits per heavy atom. The Morgan fingerprint density at radius 1 is 1.00 bits per heavy atom. The van der Waals surface area contributed by atoms with Crippen LogP contribution in [-0.4, -0.2) is 29.6 Å². The number of hydrogen-bond acceptors (Lipinski definition) is 2. The van der Waals surface area contributed by atoms with Crippen molar-refractivity contribution in [2.75, 3.05) is 6.54 Å². The largest absolute Gasteiger partial charge is 0.370 e. The number of unbranched alkanes of at least 4 members (excludes halogenated alkanes) is 1. The minimum Gasteiger partial charge on any atom is -0.370 e. The molecule has 1 saturated carbocycles. The van der Waals surface area contributed by atoms with Crippen molar-refractivity contribution in [3.63, 3.8) is 0 Å². The first-order chi connectivity index (χ1) is 12.3. The van der Waals surface area contributed by atoms with Gasteiger partial charge in [0, 0.05) is 12.1 Å². The molecule has 2 nitrogen and oxygen atoms in total. The van der Waals surface area contributed by atoms with Crippen molar-refractivity contribution < 1.29 is 4.74 Å². The number of benzene rings is 1. The van der Waals surface area contributed by atoms with E-state index in [-0.39, 0.29) is 0 Å². The molecule has 0 N–H and O–H groups in total. The number of rotatable bonds is 7. The van der Waals surface area contributed by atoms with E-state index in [1.807, 2.05) is 0 Å². The lowest BCUT2D eigenvalue weighted by molar-refractivity contribution is -0.0830. The molecule has 3 fully saturated rings. The van der Waals surface area contributed by atoms with Crippen LogP contribution in [0.4, 0.5) is 0 Å². The van der Waals surface area contributed by atoms with Crippen molar-refractivity contribution in [3.05, 3.63) is 35.9 Å². The number of piperidine rings is 1. The summed E-state index contributed by atoms with van der Waals surface area (Å²) >= 11 is 0. The van der Waals surface area contributed by atoms with Crippen LogP contribution in [0.1, 0.15) is 82.8 Å². The highest BCUT2D eigenvalue weighted by Gasteiger charge is 2.42. The molecule has 2 heterocycles. The minimum atomic E-state index is 0.329. The predicted octanol–water partition coefficient (Wildman–Crippen LogP) is 5.73. The maximum absolute atomic E-state index is 6.87. The Hall–Kier alpha value is -0.860. The third kappa shape index (κ3) is 3.95. The lowest BCUT2D eigenvalue weighted by Gasteiger charge is -2.41. The molecule has 0 aromatic heterocycles. The van der Waals surface area contributed by atoms with Crippen LogP contribution in [0.5, 0.6) is 0 Å². The summed E-state index contributed by atoms with van der Waals surface area (Å²) in [5.41, 5.74) is 1.41. The topological polar surface area (TPSA) is 12.5 Å². The smallest absolute Gasteiger partial charge is 0.0856 e. The van der Waals surface area contributed by atoms with Crippen LogP contribution in [0.2, 0.25) is 0 Å². The molecular weight excluding hydrogens is 306 g/mol. The van der Waals surface area contributed by atoms with Crippen LogP contribution < -0.4 is 0 Å². The van der Waals surface area contributed by atoms with Crippen molar-refractivity contribution in [2.24, 2.45) is 5.92 Å². The molecule has 2 heteroatoms. The van der Waals surface area contributed by atoms with Gasteiger partial charge in [0.1, 0.15) is 0 Å². The zero-order chi connectivity index (χ0) is 17.1. The van der Waals surface area contributed by atoms with Crippen molar-refractivity contribution in [1.82, 2.24) is 4.90 Å². The van der Waals surface area contributed by atoms with Crippen molar-refractivity contribution in [3.8, 4) is 0 Å². The zero-order valence-corrected chi connectivity index (χ0v) is 15.9. The fraction of sp³-hybridized carbons (Fsp3) is 0.739. The molecule has 4 atom stereocenters. The van der Waals surface area contributed by atoms with E-state index in [0.29, 0.717) is 12.2 Å². The van der Waals surface area contributed by atoms with Crippen molar-refractivity contribution >= 4 is 0 Å². The average Bonchev–Trinajstić information content (AvgIpc) is 3.25. The summed E-state index contributed by atoms with van der Waals surface area (Å²) in [4.78, 5) is 2.82. The van der Waals surface area contributed by atoms with Gasteiger partial charge in [-0.25, -0.2) is 0 Å². The van der Waals surface area contributed by atoms with Gasteiger partial charge in [0.2, 0.25) is 0 Å². The second-order valence-electron chi connectivity index (χ2n) is 8.58. The molecule has 2 aliphatic heterocycles. The highest BCUT2D eigenvalue weighted by atomic mass is 16.5. The summed E-state index contributed by atoms with van der Waals surface area (Å²) in [6.45, 7) is 3.62. The number of nitrogens with zero attached hydrogens (tertiary/aromatic N) is 1. The van der Waals surface area contributed by atoms with Gasteiger partial charge in [0.15, 0.2) is 0 Å². The van der Waals surface area contributed by atoms with Crippen molar-refractivity contribution in [1.29, 1.82) is 0 Å². The normalized spacial score (nSPS) is 31.5. The number of fused-ring (bicyclic) bond motifs is 2. The zero-order valence-electron chi connectivity index (χ0n) is 15.9. The molecular formula is C23H35NO. The minimum absolute atomic E-state index is 0.329. The Morgan fingerprint density at radius 3 is 2.32 bits per heavy atom. The van der Waals surface area contributed by atoms with Gasteiger partial charge >= 0.3 is 0 Å². The second kappa shape index (κ2) is 8.22. The summed E-state index contributed by atoms with van der Waals surface area (Å²) in [7, 11) is 0. The van der Waals surface area contributed by atoms with Gasteiger partial charge in [-0.2, -0.15) is 0 Å². The van der Waals surface area contributed by atoms with Crippen LogP contribution in [0.3, 0.4) is 0 Å².